The average Bonchev–Trinajstić information content (AvgIpc) is 3.15. The van der Waals surface area contributed by atoms with E-state index in [-0.39, 0.29) is 24.0 Å². The molecule has 1 aliphatic heterocycles. The lowest BCUT2D eigenvalue weighted by molar-refractivity contribution is 0.372. The quantitative estimate of drug-likeness (QED) is 0.372. The van der Waals surface area contributed by atoms with Crippen molar-refractivity contribution in [1.82, 2.24) is 19.6 Å². The number of piperazine rings is 1. The van der Waals surface area contributed by atoms with Gasteiger partial charge in [0.1, 0.15) is 5.82 Å². The minimum Gasteiger partial charge on any atom is -0.356 e. The van der Waals surface area contributed by atoms with E-state index in [0.717, 1.165) is 67.5 Å². The number of anilines is 1. The molecule has 3 rings (SSSR count). The molecule has 1 aliphatic rings. The minimum atomic E-state index is 0. The molecule has 6 nitrogen and oxygen atoms in total. The third kappa shape index (κ3) is 6.18. The lowest BCUT2D eigenvalue weighted by Gasteiger charge is -2.36. The van der Waals surface area contributed by atoms with Gasteiger partial charge in [-0.15, -0.1) is 24.0 Å². The summed E-state index contributed by atoms with van der Waals surface area (Å²) in [5, 5.41) is 5.28. The van der Waals surface area contributed by atoms with Crippen LogP contribution >= 0.6 is 47.1 Å². The highest BCUT2D eigenvalue weighted by Crippen LogP contribution is 2.19. The van der Waals surface area contributed by atoms with Gasteiger partial charge in [-0.1, -0.05) is 30.7 Å². The highest BCUT2D eigenvalue weighted by atomic mass is 127. The maximum Gasteiger partial charge on any atom is 0.205 e. The van der Waals surface area contributed by atoms with Gasteiger partial charge in [0.05, 0.1) is 0 Å². The molecule has 1 fully saturated rings. The van der Waals surface area contributed by atoms with Gasteiger partial charge in [-0.2, -0.15) is 4.37 Å². The molecule has 0 aliphatic carbocycles. The zero-order chi connectivity index (χ0) is 18.4. The highest BCUT2D eigenvalue weighted by Gasteiger charge is 2.21. The van der Waals surface area contributed by atoms with Gasteiger partial charge >= 0.3 is 0 Å². The van der Waals surface area contributed by atoms with Gasteiger partial charge in [0, 0.05) is 62.7 Å². The molecule has 0 radical (unpaired) electrons. The molecule has 0 bridgehead atoms. The van der Waals surface area contributed by atoms with Gasteiger partial charge in [0.2, 0.25) is 5.13 Å². The molecule has 27 heavy (non-hydrogen) atoms. The van der Waals surface area contributed by atoms with Crippen LogP contribution in [0.5, 0.6) is 0 Å². The van der Waals surface area contributed by atoms with Crippen LogP contribution in [0.1, 0.15) is 18.3 Å². The van der Waals surface area contributed by atoms with Gasteiger partial charge < -0.3 is 15.1 Å². The van der Waals surface area contributed by atoms with Crippen LogP contribution in [0.2, 0.25) is 5.02 Å². The summed E-state index contributed by atoms with van der Waals surface area (Å²) < 4.78 is 4.39. The van der Waals surface area contributed by atoms with E-state index < -0.39 is 0 Å². The molecule has 1 aromatic carbocycles. The number of halogens is 2. The highest BCUT2D eigenvalue weighted by molar-refractivity contribution is 14.0. The Bertz CT molecular complexity index is 745. The van der Waals surface area contributed by atoms with Crippen LogP contribution in [0.3, 0.4) is 0 Å². The van der Waals surface area contributed by atoms with Crippen molar-refractivity contribution >= 4 is 58.2 Å². The number of hydrogen-bond acceptors (Lipinski definition) is 5. The maximum atomic E-state index is 6.04. The van der Waals surface area contributed by atoms with Crippen LogP contribution in [0.25, 0.3) is 0 Å². The van der Waals surface area contributed by atoms with Crippen LogP contribution < -0.4 is 10.2 Å². The van der Waals surface area contributed by atoms with E-state index in [1.165, 1.54) is 17.1 Å². The van der Waals surface area contributed by atoms with Crippen molar-refractivity contribution in [2.45, 2.75) is 19.8 Å². The maximum absolute atomic E-state index is 6.04. The SMILES string of the molecule is CCc1nsc(N2CCN(C(=NC)NCCc3cccc(Cl)c3)CC2)n1.I. The number of rotatable bonds is 5. The standard InChI is InChI=1S/C18H25ClN6S.HI/c1-3-16-22-18(26-23-16)25-11-9-24(10-12-25)17(20-2)21-8-7-14-5-4-6-15(19)13-14;/h4-6,13H,3,7-12H2,1-2H3,(H,20,21);1H. The third-order valence-electron chi connectivity index (χ3n) is 4.42. The Hall–Kier alpha value is -1.13. The topological polar surface area (TPSA) is 56.7 Å². The molecule has 148 valence electrons. The molecular formula is C18H26ClIN6S. The van der Waals surface area contributed by atoms with Crippen LogP contribution in [0, 0.1) is 0 Å². The van der Waals surface area contributed by atoms with Gasteiger partial charge in [0.25, 0.3) is 0 Å². The zero-order valence-corrected chi connectivity index (χ0v) is 19.6. The molecule has 1 N–H and O–H groups in total. The lowest BCUT2D eigenvalue weighted by Crippen LogP contribution is -2.52. The largest absolute Gasteiger partial charge is 0.356 e. The van der Waals surface area contributed by atoms with E-state index in [1.807, 2.05) is 25.2 Å². The number of nitrogens with one attached hydrogen (secondary N) is 1. The Morgan fingerprint density at radius 3 is 2.70 bits per heavy atom. The molecule has 0 saturated carbocycles. The fourth-order valence-corrected chi connectivity index (χ4v) is 3.98. The number of hydrogen-bond donors (Lipinski definition) is 1. The summed E-state index contributed by atoms with van der Waals surface area (Å²) in [6, 6.07) is 8.00. The van der Waals surface area contributed by atoms with Gasteiger partial charge in [0.15, 0.2) is 5.96 Å². The summed E-state index contributed by atoms with van der Waals surface area (Å²) in [5.41, 5.74) is 1.23. The predicted molar refractivity (Wildman–Crippen MR) is 125 cm³/mol. The summed E-state index contributed by atoms with van der Waals surface area (Å²) in [7, 11) is 1.84. The summed E-state index contributed by atoms with van der Waals surface area (Å²) >= 11 is 7.54. The van der Waals surface area contributed by atoms with E-state index in [2.05, 4.69) is 42.5 Å². The lowest BCUT2D eigenvalue weighted by atomic mass is 10.1. The van der Waals surface area contributed by atoms with Crippen LogP contribution in [0.4, 0.5) is 5.13 Å². The fraction of sp³-hybridized carbons (Fsp3) is 0.500. The Kier molecular flexibility index (Phi) is 9.04. The Morgan fingerprint density at radius 1 is 1.30 bits per heavy atom. The second-order valence-corrected chi connectivity index (χ2v) is 7.34. The molecule has 0 spiro atoms. The van der Waals surface area contributed by atoms with Crippen LogP contribution in [0.15, 0.2) is 29.3 Å². The molecular weight excluding hydrogens is 495 g/mol. The van der Waals surface area contributed by atoms with E-state index in [0.29, 0.717) is 0 Å². The van der Waals surface area contributed by atoms with Crippen molar-refractivity contribution in [3.05, 3.63) is 40.7 Å². The van der Waals surface area contributed by atoms with Crippen molar-refractivity contribution in [3.8, 4) is 0 Å². The normalized spacial score (nSPS) is 14.9. The van der Waals surface area contributed by atoms with Crippen molar-refractivity contribution in [1.29, 1.82) is 0 Å². The van der Waals surface area contributed by atoms with E-state index in [4.69, 9.17) is 11.6 Å². The smallest absolute Gasteiger partial charge is 0.205 e. The van der Waals surface area contributed by atoms with E-state index in [9.17, 15) is 0 Å². The number of guanidine groups is 1. The zero-order valence-electron chi connectivity index (χ0n) is 15.7. The Balaban J connectivity index is 0.00000261. The van der Waals surface area contributed by atoms with E-state index in [1.54, 1.807) is 0 Å². The first-order valence-corrected chi connectivity index (χ1v) is 10.1. The molecule has 2 heterocycles. The second kappa shape index (κ2) is 11.0. The number of aromatic nitrogens is 2. The van der Waals surface area contributed by atoms with Gasteiger partial charge in [-0.3, -0.25) is 4.99 Å². The number of aliphatic imine (C=N–C) groups is 1. The van der Waals surface area contributed by atoms with Crippen LogP contribution in [-0.2, 0) is 12.8 Å². The third-order valence-corrected chi connectivity index (χ3v) is 5.47. The predicted octanol–water partition coefficient (Wildman–Crippen LogP) is 3.31. The summed E-state index contributed by atoms with van der Waals surface area (Å²) in [4.78, 5) is 13.6. The molecule has 0 amide bonds. The first-order valence-electron chi connectivity index (χ1n) is 8.97. The van der Waals surface area contributed by atoms with Crippen molar-refractivity contribution in [2.75, 3.05) is 44.7 Å². The number of benzene rings is 1. The molecule has 1 aromatic heterocycles. The Labute approximate surface area is 187 Å². The molecule has 0 atom stereocenters. The first kappa shape index (κ1) is 22.2. The Morgan fingerprint density at radius 2 is 2.07 bits per heavy atom. The van der Waals surface area contributed by atoms with Crippen molar-refractivity contribution in [2.24, 2.45) is 4.99 Å². The fourth-order valence-electron chi connectivity index (χ4n) is 2.97. The number of aryl methyl sites for hydroxylation is 1. The average molecular weight is 521 g/mol. The number of nitrogens with zero attached hydrogens (tertiary/aromatic N) is 5. The molecule has 1 saturated heterocycles. The summed E-state index contributed by atoms with van der Waals surface area (Å²) in [5.74, 6) is 1.89. The van der Waals surface area contributed by atoms with Crippen molar-refractivity contribution in [3.63, 3.8) is 0 Å². The molecule has 2 aromatic rings. The first-order chi connectivity index (χ1) is 12.7. The monoisotopic (exact) mass is 520 g/mol. The summed E-state index contributed by atoms with van der Waals surface area (Å²) in [6.07, 6.45) is 1.81. The van der Waals surface area contributed by atoms with E-state index >= 15 is 0 Å². The van der Waals surface area contributed by atoms with Crippen LogP contribution in [-0.4, -0.2) is 60.0 Å². The summed E-state index contributed by atoms with van der Waals surface area (Å²) in [6.45, 7) is 6.66. The van der Waals surface area contributed by atoms with Crippen molar-refractivity contribution < 1.29 is 0 Å². The second-order valence-electron chi connectivity index (χ2n) is 6.17. The molecule has 0 unspecified atom stereocenters. The molecule has 9 heteroatoms. The van der Waals surface area contributed by atoms with Gasteiger partial charge in [-0.05, 0) is 24.1 Å². The van der Waals surface area contributed by atoms with Gasteiger partial charge in [-0.25, -0.2) is 4.98 Å². The minimum absolute atomic E-state index is 0.